The molecule has 2 atom stereocenters. The lowest BCUT2D eigenvalue weighted by molar-refractivity contribution is -0.137. The predicted octanol–water partition coefficient (Wildman–Crippen LogP) is 6.51. The molecule has 0 aliphatic carbocycles. The number of hydrogen-bond acceptors (Lipinski definition) is 1. The van der Waals surface area contributed by atoms with Gasteiger partial charge in [0.2, 0.25) is 0 Å². The van der Waals surface area contributed by atoms with Crippen molar-refractivity contribution in [1.29, 1.82) is 0 Å². The van der Waals surface area contributed by atoms with E-state index in [1.54, 1.807) is 0 Å². The van der Waals surface area contributed by atoms with Gasteiger partial charge in [0.05, 0.1) is 21.3 Å². The molecule has 2 aromatic carbocycles. The van der Waals surface area contributed by atoms with Crippen molar-refractivity contribution in [3.63, 3.8) is 0 Å². The van der Waals surface area contributed by atoms with E-state index in [9.17, 15) is 17.4 Å². The summed E-state index contributed by atoms with van der Waals surface area (Å²) in [4.78, 5) is 0. The molecular formula is C22H28F3NOS. The van der Waals surface area contributed by atoms with Crippen LogP contribution in [0.3, 0.4) is 0 Å². The minimum Gasteiger partial charge on any atom is -0.242 e. The van der Waals surface area contributed by atoms with Gasteiger partial charge in [0.15, 0.2) is 0 Å². The second-order valence-corrected chi connectivity index (χ2v) is 10.4. The first-order valence-electron chi connectivity index (χ1n) is 9.33. The van der Waals surface area contributed by atoms with Gasteiger partial charge < -0.3 is 0 Å². The van der Waals surface area contributed by atoms with Crippen molar-refractivity contribution in [3.8, 4) is 11.1 Å². The number of alkyl halides is 3. The molecule has 28 heavy (non-hydrogen) atoms. The summed E-state index contributed by atoms with van der Waals surface area (Å²) in [5.74, 6) is 0.420. The van der Waals surface area contributed by atoms with Crippen LogP contribution in [0, 0.1) is 5.92 Å². The van der Waals surface area contributed by atoms with Gasteiger partial charge in [-0.05, 0) is 61.9 Å². The summed E-state index contributed by atoms with van der Waals surface area (Å²) in [6.07, 6.45) is -3.50. The highest BCUT2D eigenvalue weighted by atomic mass is 32.2. The van der Waals surface area contributed by atoms with Crippen LogP contribution in [-0.4, -0.2) is 8.96 Å². The molecule has 0 spiro atoms. The van der Waals surface area contributed by atoms with E-state index >= 15 is 0 Å². The Labute approximate surface area is 168 Å². The number of benzene rings is 2. The number of rotatable bonds is 6. The van der Waals surface area contributed by atoms with Crippen LogP contribution in [0.25, 0.3) is 11.1 Å². The lowest BCUT2D eigenvalue weighted by Crippen LogP contribution is -2.36. The van der Waals surface area contributed by atoms with Crippen molar-refractivity contribution in [2.45, 2.75) is 58.0 Å². The van der Waals surface area contributed by atoms with E-state index < -0.39 is 22.7 Å². The summed E-state index contributed by atoms with van der Waals surface area (Å²) in [5, 5.41) is 0. The van der Waals surface area contributed by atoms with Gasteiger partial charge in [-0.2, -0.15) is 13.2 Å². The molecule has 0 saturated carbocycles. The smallest absolute Gasteiger partial charge is 0.242 e. The Morgan fingerprint density at radius 3 is 1.75 bits per heavy atom. The third-order valence-electron chi connectivity index (χ3n) is 4.37. The van der Waals surface area contributed by atoms with Gasteiger partial charge in [-0.3, -0.25) is 0 Å². The topological polar surface area (TPSA) is 29.1 Å². The monoisotopic (exact) mass is 411 g/mol. The number of halogens is 3. The molecule has 0 aromatic heterocycles. The molecule has 0 fully saturated rings. The normalized spacial score (nSPS) is 14.9. The van der Waals surface area contributed by atoms with Crippen LogP contribution in [-0.2, 0) is 17.2 Å². The molecule has 154 valence electrons. The standard InChI is InChI=1S/C22H28F3NOS/c1-15(2)14-20(26-28(27)21(3,4)5)18-8-6-16(7-9-18)17-10-12-19(13-11-17)22(23,24)25/h6-13,15,20,26H,14H2,1-5H3. The molecule has 0 radical (unpaired) electrons. The molecule has 2 rings (SSSR count). The van der Waals surface area contributed by atoms with Gasteiger partial charge >= 0.3 is 6.18 Å². The SMILES string of the molecule is CC(C)CC(NS(=O)C(C)(C)C)c1ccc(-c2ccc(C(F)(F)F)cc2)cc1. The van der Waals surface area contributed by atoms with Crippen molar-refractivity contribution in [2.24, 2.45) is 5.92 Å². The average Bonchev–Trinajstić information content (AvgIpc) is 2.59. The van der Waals surface area contributed by atoms with E-state index in [-0.39, 0.29) is 10.8 Å². The van der Waals surface area contributed by atoms with E-state index in [0.717, 1.165) is 35.2 Å². The second-order valence-electron chi connectivity index (χ2n) is 8.38. The van der Waals surface area contributed by atoms with Crippen LogP contribution in [0.5, 0.6) is 0 Å². The molecule has 0 saturated heterocycles. The zero-order valence-corrected chi connectivity index (χ0v) is 17.7. The van der Waals surface area contributed by atoms with E-state index in [4.69, 9.17) is 0 Å². The lowest BCUT2D eigenvalue weighted by atomic mass is 9.95. The molecule has 0 bridgehead atoms. The first kappa shape index (κ1) is 22.6. The molecule has 0 amide bonds. The van der Waals surface area contributed by atoms with E-state index in [1.807, 2.05) is 45.0 Å². The van der Waals surface area contributed by atoms with Gasteiger partial charge in [-0.1, -0.05) is 50.2 Å². The molecule has 2 aromatic rings. The molecule has 0 aliphatic heterocycles. The highest BCUT2D eigenvalue weighted by Gasteiger charge is 2.30. The van der Waals surface area contributed by atoms with Gasteiger partial charge in [0.25, 0.3) is 0 Å². The third kappa shape index (κ3) is 6.17. The Morgan fingerprint density at radius 1 is 0.893 bits per heavy atom. The summed E-state index contributed by atoms with van der Waals surface area (Å²) in [5.41, 5.74) is 1.93. The molecule has 2 nitrogen and oxygen atoms in total. The Bertz CT molecular complexity index is 791. The van der Waals surface area contributed by atoms with Crippen LogP contribution in [0.2, 0.25) is 0 Å². The molecule has 2 unspecified atom stereocenters. The first-order valence-corrected chi connectivity index (χ1v) is 10.5. The fraction of sp³-hybridized carbons (Fsp3) is 0.455. The van der Waals surface area contributed by atoms with Gasteiger partial charge in [-0.15, -0.1) is 0 Å². The van der Waals surface area contributed by atoms with Crippen LogP contribution in [0.4, 0.5) is 13.2 Å². The zero-order chi connectivity index (χ0) is 21.1. The Morgan fingerprint density at radius 2 is 1.36 bits per heavy atom. The van der Waals surface area contributed by atoms with Gasteiger partial charge in [0.1, 0.15) is 0 Å². The van der Waals surface area contributed by atoms with Crippen molar-refractivity contribution in [3.05, 3.63) is 59.7 Å². The quantitative estimate of drug-likeness (QED) is 0.577. The zero-order valence-electron chi connectivity index (χ0n) is 16.9. The predicted molar refractivity (Wildman–Crippen MR) is 110 cm³/mol. The van der Waals surface area contributed by atoms with Crippen LogP contribution in [0.1, 0.15) is 58.2 Å². The van der Waals surface area contributed by atoms with Crippen LogP contribution >= 0.6 is 0 Å². The average molecular weight is 412 g/mol. The molecule has 1 N–H and O–H groups in total. The van der Waals surface area contributed by atoms with Crippen molar-refractivity contribution >= 4 is 11.0 Å². The minimum absolute atomic E-state index is 0.0540. The Balaban J connectivity index is 2.23. The van der Waals surface area contributed by atoms with Crippen LogP contribution in [0.15, 0.2) is 48.5 Å². The molecule has 6 heteroatoms. The van der Waals surface area contributed by atoms with E-state index in [0.29, 0.717) is 5.92 Å². The molecule has 0 heterocycles. The minimum atomic E-state index is -4.33. The fourth-order valence-electron chi connectivity index (χ4n) is 2.79. The highest BCUT2D eigenvalue weighted by Crippen LogP contribution is 2.32. The Hall–Kier alpha value is -1.66. The third-order valence-corrected chi connectivity index (χ3v) is 5.98. The molecular weight excluding hydrogens is 383 g/mol. The summed E-state index contributed by atoms with van der Waals surface area (Å²) in [6.45, 7) is 10.0. The largest absolute Gasteiger partial charge is 0.416 e. The second kappa shape index (κ2) is 8.78. The summed E-state index contributed by atoms with van der Waals surface area (Å²) in [7, 11) is -1.19. The van der Waals surface area contributed by atoms with Crippen molar-refractivity contribution in [1.82, 2.24) is 4.72 Å². The summed E-state index contributed by atoms with van der Waals surface area (Å²) >= 11 is 0. The first-order chi connectivity index (χ1) is 12.9. The maximum atomic E-state index is 12.7. The molecule has 0 aliphatic rings. The number of hydrogen-bond donors (Lipinski definition) is 1. The number of nitrogens with one attached hydrogen (secondary N) is 1. The maximum Gasteiger partial charge on any atom is 0.416 e. The van der Waals surface area contributed by atoms with Gasteiger partial charge in [-0.25, -0.2) is 8.93 Å². The van der Waals surface area contributed by atoms with Crippen LogP contribution < -0.4 is 4.72 Å². The fourth-order valence-corrected chi connectivity index (χ4v) is 3.63. The van der Waals surface area contributed by atoms with Crippen molar-refractivity contribution < 1.29 is 17.4 Å². The maximum absolute atomic E-state index is 12.7. The van der Waals surface area contributed by atoms with E-state index in [1.165, 1.54) is 12.1 Å². The highest BCUT2D eigenvalue weighted by molar-refractivity contribution is 7.84. The summed E-state index contributed by atoms with van der Waals surface area (Å²) < 4.78 is 53.6. The summed E-state index contributed by atoms with van der Waals surface area (Å²) in [6, 6.07) is 12.8. The van der Waals surface area contributed by atoms with Gasteiger partial charge in [0, 0.05) is 6.04 Å². The Kier molecular flexibility index (Phi) is 7.10. The van der Waals surface area contributed by atoms with Crippen molar-refractivity contribution in [2.75, 3.05) is 0 Å². The van der Waals surface area contributed by atoms with E-state index in [2.05, 4.69) is 18.6 Å². The lowest BCUT2D eigenvalue weighted by Gasteiger charge is -2.26.